The summed E-state index contributed by atoms with van der Waals surface area (Å²) in [6, 6.07) is 0. The maximum Gasteiger partial charge on any atom is 0.125 e. The van der Waals surface area contributed by atoms with Gasteiger partial charge >= 0.3 is 0 Å². The highest BCUT2D eigenvalue weighted by molar-refractivity contribution is 7.11. The van der Waals surface area contributed by atoms with Gasteiger partial charge in [0.1, 0.15) is 10.6 Å². The van der Waals surface area contributed by atoms with Crippen LogP contribution < -0.4 is 5.32 Å². The van der Waals surface area contributed by atoms with E-state index < -0.39 is 0 Å². The summed E-state index contributed by atoms with van der Waals surface area (Å²) in [6.45, 7) is 8.80. The van der Waals surface area contributed by atoms with Crippen LogP contribution in [-0.4, -0.2) is 25.2 Å². The lowest BCUT2D eigenvalue weighted by atomic mass is 9.90. The van der Waals surface area contributed by atoms with Crippen molar-refractivity contribution in [3.8, 4) is 0 Å². The Morgan fingerprint density at radius 3 is 2.71 bits per heavy atom. The van der Waals surface area contributed by atoms with Crippen LogP contribution in [0.15, 0.2) is 0 Å². The van der Waals surface area contributed by atoms with Gasteiger partial charge < -0.3 is 10.1 Å². The van der Waals surface area contributed by atoms with E-state index in [1.165, 1.54) is 41.3 Å². The van der Waals surface area contributed by atoms with Crippen molar-refractivity contribution in [2.45, 2.75) is 70.8 Å². The first kappa shape index (κ1) is 16.9. The Bertz CT molecular complexity index is 432. The molecule has 1 aliphatic rings. The second-order valence-corrected chi connectivity index (χ2v) is 7.11. The van der Waals surface area contributed by atoms with Gasteiger partial charge in [-0.15, -0.1) is 11.3 Å². The first-order chi connectivity index (χ1) is 10.2. The number of hydrogen-bond donors (Lipinski definition) is 1. The number of aromatic nitrogens is 1. The van der Waals surface area contributed by atoms with E-state index in [1.807, 2.05) is 18.4 Å². The second-order valence-electron chi connectivity index (χ2n) is 6.03. The number of nitrogens with zero attached hydrogens (tertiary/aromatic N) is 1. The van der Waals surface area contributed by atoms with Crippen molar-refractivity contribution < 1.29 is 4.74 Å². The monoisotopic (exact) mass is 310 g/mol. The third-order valence-corrected chi connectivity index (χ3v) is 6.13. The molecule has 1 aromatic heterocycles. The van der Waals surface area contributed by atoms with Gasteiger partial charge in [-0.1, -0.05) is 20.8 Å². The predicted octanol–water partition coefficient (Wildman–Crippen LogP) is 4.22. The minimum atomic E-state index is -0.177. The molecule has 1 aromatic rings. The van der Waals surface area contributed by atoms with Gasteiger partial charge in [0.2, 0.25) is 0 Å². The molecule has 0 saturated heterocycles. The Kier molecular flexibility index (Phi) is 6.20. The van der Waals surface area contributed by atoms with Crippen molar-refractivity contribution in [1.29, 1.82) is 0 Å². The summed E-state index contributed by atoms with van der Waals surface area (Å²) >= 11 is 1.90. The van der Waals surface area contributed by atoms with E-state index in [-0.39, 0.29) is 5.60 Å². The Morgan fingerprint density at radius 2 is 2.10 bits per heavy atom. The van der Waals surface area contributed by atoms with Crippen molar-refractivity contribution in [3.63, 3.8) is 0 Å². The lowest BCUT2D eigenvalue weighted by molar-refractivity contribution is -0.0220. The van der Waals surface area contributed by atoms with Crippen LogP contribution in [0.5, 0.6) is 0 Å². The van der Waals surface area contributed by atoms with Gasteiger partial charge in [-0.2, -0.15) is 0 Å². The largest absolute Gasteiger partial charge is 0.371 e. The molecule has 120 valence electrons. The van der Waals surface area contributed by atoms with Crippen molar-refractivity contribution in [3.05, 3.63) is 15.6 Å². The van der Waals surface area contributed by atoms with E-state index in [9.17, 15) is 0 Å². The van der Waals surface area contributed by atoms with Crippen LogP contribution in [0.1, 0.15) is 74.4 Å². The first-order valence-corrected chi connectivity index (χ1v) is 9.28. The minimum absolute atomic E-state index is 0.177. The average molecular weight is 311 g/mol. The van der Waals surface area contributed by atoms with Crippen LogP contribution in [0.4, 0.5) is 0 Å². The van der Waals surface area contributed by atoms with Crippen molar-refractivity contribution in [2.24, 2.45) is 0 Å². The molecular weight excluding hydrogens is 280 g/mol. The normalized spacial score (nSPS) is 18.8. The molecule has 0 aliphatic heterocycles. The molecule has 1 N–H and O–H groups in total. The van der Waals surface area contributed by atoms with Crippen molar-refractivity contribution in [1.82, 2.24) is 10.3 Å². The maximum absolute atomic E-state index is 5.87. The molecule has 1 aliphatic carbocycles. The smallest absolute Gasteiger partial charge is 0.125 e. The Morgan fingerprint density at radius 1 is 1.33 bits per heavy atom. The fourth-order valence-electron chi connectivity index (χ4n) is 3.28. The predicted molar refractivity (Wildman–Crippen MR) is 90.2 cm³/mol. The summed E-state index contributed by atoms with van der Waals surface area (Å²) in [6.07, 6.45) is 6.94. The highest BCUT2D eigenvalue weighted by Crippen LogP contribution is 2.41. The number of hydrogen-bond acceptors (Lipinski definition) is 4. The molecule has 0 aromatic carbocycles. The van der Waals surface area contributed by atoms with E-state index in [0.717, 1.165) is 25.9 Å². The molecule has 0 fully saturated rings. The van der Waals surface area contributed by atoms with E-state index >= 15 is 0 Å². The van der Waals surface area contributed by atoms with Crippen molar-refractivity contribution in [2.75, 3.05) is 20.2 Å². The highest BCUT2D eigenvalue weighted by atomic mass is 32.1. The van der Waals surface area contributed by atoms with Gasteiger partial charge in [0.05, 0.1) is 5.69 Å². The van der Waals surface area contributed by atoms with Gasteiger partial charge in [-0.05, 0) is 45.1 Å². The van der Waals surface area contributed by atoms with E-state index in [1.54, 1.807) is 0 Å². The summed E-state index contributed by atoms with van der Waals surface area (Å²) in [5.41, 5.74) is 1.18. The zero-order chi connectivity index (χ0) is 15.3. The number of fused-ring (bicyclic) bond motifs is 1. The number of ether oxygens (including phenoxy) is 1. The zero-order valence-electron chi connectivity index (χ0n) is 14.0. The molecule has 21 heavy (non-hydrogen) atoms. The Labute approximate surface area is 133 Å². The molecule has 4 heteroatoms. The zero-order valence-corrected chi connectivity index (χ0v) is 14.8. The van der Waals surface area contributed by atoms with Crippen LogP contribution in [0.25, 0.3) is 0 Å². The summed E-state index contributed by atoms with van der Waals surface area (Å²) < 4.78 is 5.87. The van der Waals surface area contributed by atoms with Crippen LogP contribution in [0.3, 0.4) is 0 Å². The first-order valence-electron chi connectivity index (χ1n) is 8.46. The number of thiazole rings is 1. The molecule has 1 unspecified atom stereocenters. The lowest BCUT2D eigenvalue weighted by Gasteiger charge is -2.27. The second kappa shape index (κ2) is 7.70. The van der Waals surface area contributed by atoms with Crippen LogP contribution >= 0.6 is 11.3 Å². The van der Waals surface area contributed by atoms with E-state index in [4.69, 9.17) is 9.72 Å². The SMILES string of the molecule is CCCNCC1CCCc2sc(C(CC)(CC)OC)nc21. The molecule has 1 atom stereocenters. The average Bonchev–Trinajstić information content (AvgIpc) is 2.95. The molecule has 3 nitrogen and oxygen atoms in total. The van der Waals surface area contributed by atoms with Gasteiger partial charge in [0.25, 0.3) is 0 Å². The van der Waals surface area contributed by atoms with Crippen molar-refractivity contribution >= 4 is 11.3 Å². The standard InChI is InChI=1S/C17H30N2OS/c1-5-11-18-12-13-9-8-10-14-15(13)19-16(21-14)17(6-2,7-3)20-4/h13,18H,5-12H2,1-4H3. The minimum Gasteiger partial charge on any atom is -0.371 e. The molecule has 1 heterocycles. The number of rotatable bonds is 8. The van der Waals surface area contributed by atoms with Gasteiger partial charge in [-0.3, -0.25) is 0 Å². The summed E-state index contributed by atoms with van der Waals surface area (Å²) in [5, 5.41) is 4.77. The topological polar surface area (TPSA) is 34.1 Å². The molecule has 0 radical (unpaired) electrons. The van der Waals surface area contributed by atoms with E-state index in [2.05, 4.69) is 26.1 Å². The fraction of sp³-hybridized carbons (Fsp3) is 0.824. The number of methoxy groups -OCH3 is 1. The summed E-state index contributed by atoms with van der Waals surface area (Å²) in [4.78, 5) is 6.55. The Balaban J connectivity index is 2.22. The molecule has 0 spiro atoms. The van der Waals surface area contributed by atoms with Gasteiger partial charge in [0.15, 0.2) is 0 Å². The molecular formula is C17H30N2OS. The van der Waals surface area contributed by atoms with E-state index in [0.29, 0.717) is 5.92 Å². The maximum atomic E-state index is 5.87. The van der Waals surface area contributed by atoms with Crippen LogP contribution in [0.2, 0.25) is 0 Å². The van der Waals surface area contributed by atoms with Gasteiger partial charge in [0, 0.05) is 24.4 Å². The molecule has 0 bridgehead atoms. The number of aryl methyl sites for hydroxylation is 1. The molecule has 0 saturated carbocycles. The van der Waals surface area contributed by atoms with Gasteiger partial charge in [-0.25, -0.2) is 4.98 Å². The van der Waals surface area contributed by atoms with Crippen LogP contribution in [0, 0.1) is 0 Å². The third-order valence-electron chi connectivity index (χ3n) is 4.81. The molecule has 0 amide bonds. The highest BCUT2D eigenvalue weighted by Gasteiger charge is 2.34. The Hall–Kier alpha value is -0.450. The molecule has 2 rings (SSSR count). The summed E-state index contributed by atoms with van der Waals surface area (Å²) in [5.74, 6) is 0.591. The number of nitrogens with one attached hydrogen (secondary N) is 1. The lowest BCUT2D eigenvalue weighted by Crippen LogP contribution is -2.27. The van der Waals surface area contributed by atoms with Crippen LogP contribution in [-0.2, 0) is 16.8 Å². The summed E-state index contributed by atoms with van der Waals surface area (Å²) in [7, 11) is 1.83. The fourth-order valence-corrected chi connectivity index (χ4v) is 4.78. The third kappa shape index (κ3) is 3.49. The quantitative estimate of drug-likeness (QED) is 0.730.